The van der Waals surface area contributed by atoms with Crippen LogP contribution in [0.2, 0.25) is 0 Å². The number of ether oxygens (including phenoxy) is 2. The smallest absolute Gasteiger partial charge is 0.125 e. The van der Waals surface area contributed by atoms with E-state index in [2.05, 4.69) is 10.0 Å². The van der Waals surface area contributed by atoms with E-state index in [1.807, 2.05) is 18.2 Å². The van der Waals surface area contributed by atoms with Gasteiger partial charge in [-0.15, -0.1) is 0 Å². The summed E-state index contributed by atoms with van der Waals surface area (Å²) in [5.74, 6) is 1.63. The van der Waals surface area contributed by atoms with Gasteiger partial charge in [0.15, 0.2) is 0 Å². The lowest BCUT2D eigenvalue weighted by Crippen LogP contribution is -1.94. The molecule has 0 N–H and O–H groups in total. The van der Waals surface area contributed by atoms with Gasteiger partial charge in [0, 0.05) is 17.5 Å². The molecule has 0 saturated carbocycles. The van der Waals surface area contributed by atoms with Crippen molar-refractivity contribution < 1.29 is 9.47 Å². The van der Waals surface area contributed by atoms with E-state index in [1.165, 1.54) is 0 Å². The first-order chi connectivity index (χ1) is 8.31. The molecule has 1 aromatic carbocycles. The van der Waals surface area contributed by atoms with Gasteiger partial charge in [0.2, 0.25) is 0 Å². The van der Waals surface area contributed by atoms with Crippen LogP contribution in [-0.4, -0.2) is 20.8 Å². The molecular weight excluding hydrogens is 218 g/mol. The van der Waals surface area contributed by atoms with Gasteiger partial charge in [0.05, 0.1) is 14.2 Å². The van der Waals surface area contributed by atoms with Crippen molar-refractivity contribution in [3.63, 3.8) is 0 Å². The van der Waals surface area contributed by atoms with Crippen LogP contribution in [0.1, 0.15) is 18.4 Å². The van der Waals surface area contributed by atoms with Crippen molar-refractivity contribution in [3.05, 3.63) is 34.2 Å². The molecule has 0 aromatic heterocycles. The summed E-state index contributed by atoms with van der Waals surface area (Å²) in [4.78, 5) is 2.72. The fourth-order valence-corrected chi connectivity index (χ4v) is 1.60. The maximum atomic E-state index is 8.15. The highest BCUT2D eigenvalue weighted by atomic mass is 16.5. The van der Waals surface area contributed by atoms with Crippen LogP contribution in [0.25, 0.3) is 10.4 Å². The minimum atomic E-state index is 0.551. The van der Waals surface area contributed by atoms with Crippen molar-refractivity contribution in [2.75, 3.05) is 20.8 Å². The number of hydrogen-bond acceptors (Lipinski definition) is 3. The molecular formula is C12H17N3O2. The van der Waals surface area contributed by atoms with Crippen LogP contribution in [0.5, 0.6) is 11.5 Å². The second-order valence-corrected chi connectivity index (χ2v) is 3.59. The van der Waals surface area contributed by atoms with E-state index in [9.17, 15) is 0 Å². The number of aryl methyl sites for hydroxylation is 1. The molecule has 0 aliphatic carbocycles. The molecule has 0 heterocycles. The Hall–Kier alpha value is -1.87. The molecule has 0 saturated heterocycles. The van der Waals surface area contributed by atoms with E-state index >= 15 is 0 Å². The van der Waals surface area contributed by atoms with Crippen LogP contribution >= 0.6 is 0 Å². The Labute approximate surface area is 101 Å². The third-order valence-corrected chi connectivity index (χ3v) is 2.51. The van der Waals surface area contributed by atoms with Crippen molar-refractivity contribution in [1.29, 1.82) is 0 Å². The molecule has 0 aliphatic rings. The molecule has 0 atom stereocenters. The zero-order valence-corrected chi connectivity index (χ0v) is 10.2. The predicted molar refractivity (Wildman–Crippen MR) is 66.5 cm³/mol. The number of unbranched alkanes of at least 4 members (excludes halogenated alkanes) is 1. The van der Waals surface area contributed by atoms with Crippen molar-refractivity contribution in [2.45, 2.75) is 19.3 Å². The van der Waals surface area contributed by atoms with Gasteiger partial charge in [-0.25, -0.2) is 0 Å². The Bertz CT molecular complexity index is 401. The highest BCUT2D eigenvalue weighted by molar-refractivity contribution is 5.40. The average molecular weight is 235 g/mol. The molecule has 1 rings (SSSR count). The maximum Gasteiger partial charge on any atom is 0.125 e. The molecule has 0 fully saturated rings. The number of azide groups is 1. The van der Waals surface area contributed by atoms with Gasteiger partial charge in [-0.2, -0.15) is 0 Å². The summed E-state index contributed by atoms with van der Waals surface area (Å²) in [5, 5.41) is 3.50. The van der Waals surface area contributed by atoms with Gasteiger partial charge in [-0.3, -0.25) is 0 Å². The number of methoxy groups -OCH3 is 2. The van der Waals surface area contributed by atoms with Crippen LogP contribution < -0.4 is 9.47 Å². The topological polar surface area (TPSA) is 67.2 Å². The lowest BCUT2D eigenvalue weighted by molar-refractivity contribution is 0.390. The average Bonchev–Trinajstić information content (AvgIpc) is 2.38. The summed E-state index contributed by atoms with van der Waals surface area (Å²) < 4.78 is 10.4. The maximum absolute atomic E-state index is 8.15. The Kier molecular flexibility index (Phi) is 5.75. The van der Waals surface area contributed by atoms with Gasteiger partial charge in [-0.1, -0.05) is 11.2 Å². The van der Waals surface area contributed by atoms with E-state index in [1.54, 1.807) is 14.2 Å². The number of hydrogen-bond donors (Lipinski definition) is 0. The zero-order valence-electron chi connectivity index (χ0n) is 10.2. The summed E-state index contributed by atoms with van der Waals surface area (Å²) in [6.07, 6.45) is 2.77. The molecule has 0 aliphatic heterocycles. The van der Waals surface area contributed by atoms with Crippen molar-refractivity contribution >= 4 is 0 Å². The van der Waals surface area contributed by atoms with Crippen LogP contribution in [-0.2, 0) is 6.42 Å². The van der Waals surface area contributed by atoms with Gasteiger partial charge in [0.1, 0.15) is 11.5 Å². The fourth-order valence-electron chi connectivity index (χ4n) is 1.60. The van der Waals surface area contributed by atoms with Crippen LogP contribution in [0.15, 0.2) is 23.3 Å². The number of nitrogens with zero attached hydrogens (tertiary/aromatic N) is 3. The highest BCUT2D eigenvalue weighted by Gasteiger charge is 2.04. The standard InChI is InChI=1S/C12H17N3O2/c1-16-11-7-6-10(12(9-11)17-2)5-3-4-8-14-15-13/h6-7,9H,3-5,8H2,1-2H3. The second-order valence-electron chi connectivity index (χ2n) is 3.59. The molecule has 0 spiro atoms. The molecule has 17 heavy (non-hydrogen) atoms. The predicted octanol–water partition coefficient (Wildman–Crippen LogP) is 3.34. The van der Waals surface area contributed by atoms with Gasteiger partial charge >= 0.3 is 0 Å². The summed E-state index contributed by atoms with van der Waals surface area (Å²) in [7, 11) is 3.28. The molecule has 1 aromatic rings. The second kappa shape index (κ2) is 7.41. The minimum Gasteiger partial charge on any atom is -0.497 e. The SMILES string of the molecule is COc1ccc(CCCCN=[N+]=[N-])c(OC)c1. The van der Waals surface area contributed by atoms with E-state index in [0.29, 0.717) is 6.54 Å². The summed E-state index contributed by atoms with van der Waals surface area (Å²) in [6, 6.07) is 5.80. The van der Waals surface area contributed by atoms with Gasteiger partial charge in [-0.05, 0) is 36.4 Å². The quantitative estimate of drug-likeness (QED) is 0.315. The third kappa shape index (κ3) is 4.25. The zero-order chi connectivity index (χ0) is 12.5. The first kappa shape index (κ1) is 13.2. The molecule has 0 radical (unpaired) electrons. The first-order valence-corrected chi connectivity index (χ1v) is 5.53. The Morgan fingerprint density at radius 1 is 1.24 bits per heavy atom. The Balaban J connectivity index is 2.54. The van der Waals surface area contributed by atoms with Crippen molar-refractivity contribution in [3.8, 4) is 11.5 Å². The third-order valence-electron chi connectivity index (χ3n) is 2.51. The number of rotatable bonds is 7. The minimum absolute atomic E-state index is 0.551. The molecule has 5 nitrogen and oxygen atoms in total. The van der Waals surface area contributed by atoms with Gasteiger partial charge < -0.3 is 9.47 Å². The van der Waals surface area contributed by atoms with E-state index in [4.69, 9.17) is 15.0 Å². The lowest BCUT2D eigenvalue weighted by atomic mass is 10.1. The van der Waals surface area contributed by atoms with Crippen LogP contribution in [0.4, 0.5) is 0 Å². The number of benzene rings is 1. The lowest BCUT2D eigenvalue weighted by Gasteiger charge is -2.09. The summed E-state index contributed by atoms with van der Waals surface area (Å²) in [5.41, 5.74) is 9.29. The van der Waals surface area contributed by atoms with Crippen molar-refractivity contribution in [1.82, 2.24) is 0 Å². The van der Waals surface area contributed by atoms with E-state index in [-0.39, 0.29) is 0 Å². The molecule has 92 valence electrons. The summed E-state index contributed by atoms with van der Waals surface area (Å²) >= 11 is 0. The van der Waals surface area contributed by atoms with Crippen LogP contribution in [0.3, 0.4) is 0 Å². The Morgan fingerprint density at radius 2 is 2.06 bits per heavy atom. The molecule has 0 bridgehead atoms. The van der Waals surface area contributed by atoms with E-state index < -0.39 is 0 Å². The van der Waals surface area contributed by atoms with Gasteiger partial charge in [0.25, 0.3) is 0 Å². The fraction of sp³-hybridized carbons (Fsp3) is 0.500. The van der Waals surface area contributed by atoms with E-state index in [0.717, 1.165) is 36.3 Å². The Morgan fingerprint density at radius 3 is 2.71 bits per heavy atom. The monoisotopic (exact) mass is 235 g/mol. The highest BCUT2D eigenvalue weighted by Crippen LogP contribution is 2.25. The summed E-state index contributed by atoms with van der Waals surface area (Å²) in [6.45, 7) is 0.551. The largest absolute Gasteiger partial charge is 0.497 e. The normalized spacial score (nSPS) is 9.53. The van der Waals surface area contributed by atoms with Crippen molar-refractivity contribution in [2.24, 2.45) is 5.11 Å². The van der Waals surface area contributed by atoms with Crippen LogP contribution in [0, 0.1) is 0 Å². The molecule has 5 heteroatoms. The molecule has 0 unspecified atom stereocenters. The first-order valence-electron chi connectivity index (χ1n) is 5.53. The molecule has 0 amide bonds.